The minimum atomic E-state index is -0.207. The zero-order valence-corrected chi connectivity index (χ0v) is 14.5. The first-order valence-corrected chi connectivity index (χ1v) is 8.07. The Kier molecular flexibility index (Phi) is 6.49. The number of nitrogens with zero attached hydrogens (tertiary/aromatic N) is 1. The molecule has 0 atom stereocenters. The molecule has 0 fully saturated rings. The number of rotatable bonds is 7. The summed E-state index contributed by atoms with van der Waals surface area (Å²) >= 11 is 0. The van der Waals surface area contributed by atoms with E-state index in [0.29, 0.717) is 13.2 Å². The van der Waals surface area contributed by atoms with Crippen LogP contribution in [0.5, 0.6) is 5.75 Å². The molecule has 0 aliphatic heterocycles. The molecule has 0 unspecified atom stereocenters. The molecular weight excluding hydrogens is 302 g/mol. The van der Waals surface area contributed by atoms with Gasteiger partial charge in [0.2, 0.25) is 0 Å². The molecule has 0 spiro atoms. The highest BCUT2D eigenvalue weighted by Gasteiger charge is 2.03. The number of carbonyl (C=O) groups is 1. The largest absolute Gasteiger partial charge is 0.493 e. The predicted octanol–water partition coefficient (Wildman–Crippen LogP) is 3.65. The fraction of sp³-hybridized carbons (Fsp3) is 0.316. The van der Waals surface area contributed by atoms with Crippen LogP contribution < -0.4 is 20.3 Å². The van der Waals surface area contributed by atoms with E-state index in [-0.39, 0.29) is 6.03 Å². The number of aryl methyl sites for hydroxylation is 1. The zero-order valence-electron chi connectivity index (χ0n) is 14.5. The van der Waals surface area contributed by atoms with E-state index in [4.69, 9.17) is 4.74 Å². The topological polar surface area (TPSA) is 53.6 Å². The minimum absolute atomic E-state index is 0.207. The molecule has 5 nitrogen and oxygen atoms in total. The Morgan fingerprint density at radius 1 is 1.12 bits per heavy atom. The molecule has 0 heterocycles. The predicted molar refractivity (Wildman–Crippen MR) is 99.1 cm³/mol. The molecular formula is C19H25N3O2. The van der Waals surface area contributed by atoms with Crippen LogP contribution in [0.15, 0.2) is 48.5 Å². The standard InChI is InChI=1S/C19H25N3O2/c1-15-8-4-5-11-18(15)24-13-7-12-20-19(23)21-16-9-6-10-17(14-16)22(2)3/h4-6,8-11,14H,7,12-13H2,1-3H3,(H2,20,21,23). The maximum atomic E-state index is 11.9. The van der Waals surface area contributed by atoms with Crippen LogP contribution in [0.25, 0.3) is 0 Å². The third-order valence-corrected chi connectivity index (χ3v) is 3.58. The molecule has 5 heteroatoms. The molecule has 0 radical (unpaired) electrons. The van der Waals surface area contributed by atoms with E-state index in [1.165, 1.54) is 0 Å². The Bertz CT molecular complexity index is 671. The van der Waals surface area contributed by atoms with Crippen molar-refractivity contribution in [1.82, 2.24) is 5.32 Å². The van der Waals surface area contributed by atoms with Crippen LogP contribution in [-0.4, -0.2) is 33.3 Å². The van der Waals surface area contributed by atoms with Crippen molar-refractivity contribution in [3.63, 3.8) is 0 Å². The first kappa shape index (κ1) is 17.7. The number of para-hydroxylation sites is 1. The minimum Gasteiger partial charge on any atom is -0.493 e. The van der Waals surface area contributed by atoms with E-state index in [9.17, 15) is 4.79 Å². The third kappa shape index (κ3) is 5.50. The second-order valence-electron chi connectivity index (χ2n) is 5.79. The Morgan fingerprint density at radius 2 is 1.92 bits per heavy atom. The quantitative estimate of drug-likeness (QED) is 0.763. The SMILES string of the molecule is Cc1ccccc1OCCCNC(=O)Nc1cccc(N(C)C)c1. The molecule has 2 amide bonds. The van der Waals surface area contributed by atoms with Gasteiger partial charge in [-0.15, -0.1) is 0 Å². The van der Waals surface area contributed by atoms with E-state index < -0.39 is 0 Å². The number of carbonyl (C=O) groups excluding carboxylic acids is 1. The monoisotopic (exact) mass is 327 g/mol. The fourth-order valence-electron chi connectivity index (χ4n) is 2.21. The average molecular weight is 327 g/mol. The van der Waals surface area contributed by atoms with Crippen LogP contribution in [0.4, 0.5) is 16.2 Å². The van der Waals surface area contributed by atoms with Gasteiger partial charge in [-0.3, -0.25) is 0 Å². The lowest BCUT2D eigenvalue weighted by molar-refractivity contribution is 0.250. The van der Waals surface area contributed by atoms with Crippen LogP contribution in [0.3, 0.4) is 0 Å². The van der Waals surface area contributed by atoms with E-state index in [1.807, 2.05) is 74.4 Å². The first-order chi connectivity index (χ1) is 11.6. The molecule has 2 aromatic carbocycles. The van der Waals surface area contributed by atoms with Crippen LogP contribution in [0.2, 0.25) is 0 Å². The van der Waals surface area contributed by atoms with Crippen molar-refractivity contribution in [1.29, 1.82) is 0 Å². The van der Waals surface area contributed by atoms with Crippen molar-refractivity contribution in [3.05, 3.63) is 54.1 Å². The second-order valence-corrected chi connectivity index (χ2v) is 5.79. The van der Waals surface area contributed by atoms with Gasteiger partial charge in [0.25, 0.3) is 0 Å². The zero-order chi connectivity index (χ0) is 17.4. The molecule has 2 rings (SSSR count). The maximum Gasteiger partial charge on any atom is 0.319 e. The highest BCUT2D eigenvalue weighted by molar-refractivity contribution is 5.89. The highest BCUT2D eigenvalue weighted by atomic mass is 16.5. The van der Waals surface area contributed by atoms with Crippen molar-refractivity contribution in [2.75, 3.05) is 37.5 Å². The fourth-order valence-corrected chi connectivity index (χ4v) is 2.21. The Labute approximate surface area is 143 Å². The van der Waals surface area contributed by atoms with E-state index in [2.05, 4.69) is 10.6 Å². The first-order valence-electron chi connectivity index (χ1n) is 8.07. The van der Waals surface area contributed by atoms with Gasteiger partial charge in [-0.05, 0) is 43.2 Å². The van der Waals surface area contributed by atoms with Crippen molar-refractivity contribution in [3.8, 4) is 5.75 Å². The number of hydrogen-bond acceptors (Lipinski definition) is 3. The molecule has 0 saturated carbocycles. The summed E-state index contributed by atoms with van der Waals surface area (Å²) in [5, 5.41) is 5.67. The summed E-state index contributed by atoms with van der Waals surface area (Å²) in [6, 6.07) is 15.4. The number of hydrogen-bond donors (Lipinski definition) is 2. The van der Waals surface area contributed by atoms with Crippen LogP contribution in [-0.2, 0) is 0 Å². The van der Waals surface area contributed by atoms with Crippen molar-refractivity contribution in [2.24, 2.45) is 0 Å². The molecule has 0 aromatic heterocycles. The summed E-state index contributed by atoms with van der Waals surface area (Å²) in [7, 11) is 3.93. The molecule has 0 bridgehead atoms. The Hall–Kier alpha value is -2.69. The van der Waals surface area contributed by atoms with Crippen LogP contribution >= 0.6 is 0 Å². The molecule has 0 aliphatic carbocycles. The van der Waals surface area contributed by atoms with Crippen molar-refractivity contribution in [2.45, 2.75) is 13.3 Å². The van der Waals surface area contributed by atoms with Gasteiger partial charge in [-0.25, -0.2) is 4.79 Å². The Balaban J connectivity index is 1.68. The lowest BCUT2D eigenvalue weighted by Gasteiger charge is -2.14. The molecule has 2 N–H and O–H groups in total. The lowest BCUT2D eigenvalue weighted by Crippen LogP contribution is -2.30. The van der Waals surface area contributed by atoms with Gasteiger partial charge >= 0.3 is 6.03 Å². The summed E-state index contributed by atoms with van der Waals surface area (Å²) in [5.74, 6) is 0.891. The van der Waals surface area contributed by atoms with Gasteiger partial charge in [0, 0.05) is 32.0 Å². The molecule has 128 valence electrons. The number of ether oxygens (including phenoxy) is 1. The van der Waals surface area contributed by atoms with Crippen molar-refractivity contribution < 1.29 is 9.53 Å². The molecule has 2 aromatic rings. The Morgan fingerprint density at radius 3 is 2.67 bits per heavy atom. The summed E-state index contributed by atoms with van der Waals surface area (Å²) < 4.78 is 5.70. The van der Waals surface area contributed by atoms with Crippen LogP contribution in [0, 0.1) is 6.92 Å². The summed E-state index contributed by atoms with van der Waals surface area (Å²) in [4.78, 5) is 13.9. The number of nitrogens with one attached hydrogen (secondary N) is 2. The van der Waals surface area contributed by atoms with Crippen LogP contribution in [0.1, 0.15) is 12.0 Å². The number of urea groups is 1. The third-order valence-electron chi connectivity index (χ3n) is 3.58. The van der Waals surface area contributed by atoms with Gasteiger partial charge in [0.15, 0.2) is 0 Å². The number of amides is 2. The van der Waals surface area contributed by atoms with Gasteiger partial charge in [-0.1, -0.05) is 24.3 Å². The van der Waals surface area contributed by atoms with Crippen molar-refractivity contribution >= 4 is 17.4 Å². The molecule has 0 saturated heterocycles. The molecule has 24 heavy (non-hydrogen) atoms. The molecule has 0 aliphatic rings. The smallest absolute Gasteiger partial charge is 0.319 e. The van der Waals surface area contributed by atoms with Gasteiger partial charge in [-0.2, -0.15) is 0 Å². The van der Waals surface area contributed by atoms with E-state index >= 15 is 0 Å². The van der Waals surface area contributed by atoms with Gasteiger partial charge in [0.05, 0.1) is 6.61 Å². The average Bonchev–Trinajstić information content (AvgIpc) is 2.56. The van der Waals surface area contributed by atoms with Gasteiger partial charge in [0.1, 0.15) is 5.75 Å². The summed E-state index contributed by atoms with van der Waals surface area (Å²) in [5.41, 5.74) is 2.93. The number of anilines is 2. The maximum absolute atomic E-state index is 11.9. The second kappa shape index (κ2) is 8.82. The number of benzene rings is 2. The van der Waals surface area contributed by atoms with Gasteiger partial charge < -0.3 is 20.3 Å². The highest BCUT2D eigenvalue weighted by Crippen LogP contribution is 2.17. The van der Waals surface area contributed by atoms with E-state index in [1.54, 1.807) is 0 Å². The summed E-state index contributed by atoms with van der Waals surface area (Å²) in [6.07, 6.45) is 0.749. The lowest BCUT2D eigenvalue weighted by atomic mass is 10.2. The normalized spacial score (nSPS) is 10.1. The summed E-state index contributed by atoms with van der Waals surface area (Å²) in [6.45, 7) is 3.15. The van der Waals surface area contributed by atoms with E-state index in [0.717, 1.165) is 29.1 Å².